The molecule has 0 aromatic rings. The smallest absolute Gasteiger partial charge is 0.243 e. The second-order valence-corrected chi connectivity index (χ2v) is 5.91. The zero-order chi connectivity index (χ0) is 14.0. The molecule has 0 aromatic heterocycles. The van der Waals surface area contributed by atoms with E-state index in [1.54, 1.807) is 11.9 Å². The molecule has 0 aromatic carbocycles. The van der Waals surface area contributed by atoms with E-state index in [0.29, 0.717) is 31.8 Å². The predicted octanol–water partition coefficient (Wildman–Crippen LogP) is 0.911. The van der Waals surface area contributed by atoms with Gasteiger partial charge in [-0.1, -0.05) is 6.92 Å². The van der Waals surface area contributed by atoms with Crippen molar-refractivity contribution in [2.45, 2.75) is 32.6 Å². The summed E-state index contributed by atoms with van der Waals surface area (Å²) in [5, 5.41) is 11.9. The van der Waals surface area contributed by atoms with Gasteiger partial charge in [0.25, 0.3) is 0 Å². The van der Waals surface area contributed by atoms with Gasteiger partial charge in [-0.25, -0.2) is 0 Å². The highest BCUT2D eigenvalue weighted by atomic mass is 16.2. The summed E-state index contributed by atoms with van der Waals surface area (Å²) in [7, 11) is 1.62. The second-order valence-electron chi connectivity index (χ2n) is 5.91. The molecule has 19 heavy (non-hydrogen) atoms. The number of nitrogens with zero attached hydrogens (tertiary/aromatic N) is 2. The molecule has 2 aliphatic rings. The van der Waals surface area contributed by atoms with Gasteiger partial charge < -0.3 is 10.2 Å². The molecule has 1 saturated heterocycles. The van der Waals surface area contributed by atoms with Gasteiger partial charge in [0.1, 0.15) is 5.41 Å². The van der Waals surface area contributed by atoms with E-state index >= 15 is 0 Å². The topological polar surface area (TPSA) is 73.2 Å². The Morgan fingerprint density at radius 3 is 2.63 bits per heavy atom. The van der Waals surface area contributed by atoms with Crippen LogP contribution in [0.25, 0.3) is 0 Å². The van der Waals surface area contributed by atoms with Gasteiger partial charge in [0.05, 0.1) is 12.0 Å². The highest BCUT2D eigenvalue weighted by Gasteiger charge is 2.51. The second kappa shape index (κ2) is 5.20. The molecule has 1 aliphatic carbocycles. The van der Waals surface area contributed by atoms with Crippen LogP contribution in [0.15, 0.2) is 0 Å². The summed E-state index contributed by atoms with van der Waals surface area (Å²) in [5.41, 5.74) is -0.815. The van der Waals surface area contributed by atoms with Gasteiger partial charge >= 0.3 is 0 Å². The monoisotopic (exact) mass is 263 g/mol. The van der Waals surface area contributed by atoms with Crippen molar-refractivity contribution in [2.75, 3.05) is 20.1 Å². The fourth-order valence-electron chi connectivity index (χ4n) is 3.33. The third-order valence-electron chi connectivity index (χ3n) is 4.34. The zero-order valence-electron chi connectivity index (χ0n) is 11.6. The van der Waals surface area contributed by atoms with Gasteiger partial charge in [-0.05, 0) is 31.6 Å². The first-order chi connectivity index (χ1) is 9.02. The largest absolute Gasteiger partial charge is 0.359 e. The quantitative estimate of drug-likeness (QED) is 0.805. The molecule has 0 spiro atoms. The van der Waals surface area contributed by atoms with Crippen molar-refractivity contribution >= 4 is 11.8 Å². The number of carbonyl (C=O) groups excluding carboxylic acids is 2. The van der Waals surface area contributed by atoms with Gasteiger partial charge in [0.2, 0.25) is 11.8 Å². The van der Waals surface area contributed by atoms with Crippen LogP contribution in [0, 0.1) is 28.6 Å². The molecule has 1 aliphatic heterocycles. The molecule has 5 nitrogen and oxygen atoms in total. The highest BCUT2D eigenvalue weighted by molar-refractivity contribution is 5.87. The van der Waals surface area contributed by atoms with Gasteiger partial charge in [0, 0.05) is 20.1 Å². The van der Waals surface area contributed by atoms with E-state index in [2.05, 4.69) is 18.3 Å². The fraction of sp³-hybridized carbons (Fsp3) is 0.786. The van der Waals surface area contributed by atoms with Crippen LogP contribution < -0.4 is 5.32 Å². The van der Waals surface area contributed by atoms with Crippen molar-refractivity contribution in [1.29, 1.82) is 5.26 Å². The van der Waals surface area contributed by atoms with Crippen molar-refractivity contribution in [3.05, 3.63) is 0 Å². The lowest BCUT2D eigenvalue weighted by molar-refractivity contribution is -0.148. The number of hydrogen-bond donors (Lipinski definition) is 1. The molecule has 0 radical (unpaired) electrons. The summed E-state index contributed by atoms with van der Waals surface area (Å²) in [4.78, 5) is 25.9. The average molecular weight is 263 g/mol. The standard InChI is InChI=1S/C14H21N3O2/c1-10-6-14(7-10,9-15)13(19)17-5-3-4-11(8-17)12(18)16-2/h10-11H,3-8H2,1-2H3,(H,16,18). The molecule has 2 rings (SSSR count). The van der Waals surface area contributed by atoms with Gasteiger partial charge in [-0.3, -0.25) is 9.59 Å². The predicted molar refractivity (Wildman–Crippen MR) is 69.8 cm³/mol. The summed E-state index contributed by atoms with van der Waals surface area (Å²) >= 11 is 0. The van der Waals surface area contributed by atoms with E-state index in [1.807, 2.05) is 0 Å². The van der Waals surface area contributed by atoms with Crippen LogP contribution in [0.3, 0.4) is 0 Å². The number of hydrogen-bond acceptors (Lipinski definition) is 3. The molecular weight excluding hydrogens is 242 g/mol. The van der Waals surface area contributed by atoms with Crippen molar-refractivity contribution in [2.24, 2.45) is 17.3 Å². The van der Waals surface area contributed by atoms with Crippen molar-refractivity contribution < 1.29 is 9.59 Å². The minimum absolute atomic E-state index is 0.00881. The summed E-state index contributed by atoms with van der Waals surface area (Å²) in [5.74, 6) is 0.242. The summed E-state index contributed by atoms with van der Waals surface area (Å²) in [6.45, 7) is 3.19. The number of likely N-dealkylation sites (tertiary alicyclic amines) is 1. The molecule has 5 heteroatoms. The lowest BCUT2D eigenvalue weighted by atomic mass is 9.62. The molecular formula is C14H21N3O2. The summed E-state index contributed by atoms with van der Waals surface area (Å²) < 4.78 is 0. The molecule has 2 amide bonds. The molecule has 104 valence electrons. The van der Waals surface area contributed by atoms with Gasteiger partial charge in [0.15, 0.2) is 0 Å². The Hall–Kier alpha value is -1.57. The maximum absolute atomic E-state index is 12.5. The third kappa shape index (κ3) is 2.44. The van der Waals surface area contributed by atoms with E-state index in [9.17, 15) is 14.9 Å². The lowest BCUT2D eigenvalue weighted by Crippen LogP contribution is -2.53. The number of piperidine rings is 1. The SMILES string of the molecule is CNC(=O)C1CCCN(C(=O)C2(C#N)CC(C)C2)C1. The first-order valence-electron chi connectivity index (χ1n) is 6.94. The molecule has 0 bridgehead atoms. The van der Waals surface area contributed by atoms with E-state index < -0.39 is 5.41 Å². The van der Waals surface area contributed by atoms with Gasteiger partial charge in [-0.2, -0.15) is 5.26 Å². The number of rotatable bonds is 2. The van der Waals surface area contributed by atoms with Crippen LogP contribution >= 0.6 is 0 Å². The van der Waals surface area contributed by atoms with Crippen LogP contribution in [-0.2, 0) is 9.59 Å². The Labute approximate surface area is 113 Å². The van der Waals surface area contributed by atoms with Gasteiger partial charge in [-0.15, -0.1) is 0 Å². The van der Waals surface area contributed by atoms with Crippen LogP contribution in [0.4, 0.5) is 0 Å². The van der Waals surface area contributed by atoms with Crippen LogP contribution in [0.2, 0.25) is 0 Å². The van der Waals surface area contributed by atoms with E-state index in [0.717, 1.165) is 12.8 Å². The van der Waals surface area contributed by atoms with Crippen LogP contribution in [-0.4, -0.2) is 36.9 Å². The summed E-state index contributed by atoms with van der Waals surface area (Å²) in [6.07, 6.45) is 2.97. The Kier molecular flexibility index (Phi) is 3.79. The lowest BCUT2D eigenvalue weighted by Gasteiger charge is -2.44. The number of nitrogens with one attached hydrogen (secondary N) is 1. The summed E-state index contributed by atoms with van der Waals surface area (Å²) in [6, 6.07) is 2.21. The Balaban J connectivity index is 2.04. The van der Waals surface area contributed by atoms with Crippen molar-refractivity contribution in [3.63, 3.8) is 0 Å². The van der Waals surface area contributed by atoms with E-state index in [4.69, 9.17) is 0 Å². The van der Waals surface area contributed by atoms with E-state index in [-0.39, 0.29) is 17.7 Å². The van der Waals surface area contributed by atoms with Crippen LogP contribution in [0.1, 0.15) is 32.6 Å². The van der Waals surface area contributed by atoms with Crippen molar-refractivity contribution in [3.8, 4) is 6.07 Å². The Morgan fingerprint density at radius 1 is 1.42 bits per heavy atom. The molecule has 1 N–H and O–H groups in total. The molecule has 1 heterocycles. The molecule has 1 atom stereocenters. The average Bonchev–Trinajstić information content (AvgIpc) is 2.42. The zero-order valence-corrected chi connectivity index (χ0v) is 11.6. The minimum atomic E-state index is -0.815. The fourth-order valence-corrected chi connectivity index (χ4v) is 3.33. The Bertz CT molecular complexity index is 421. The Morgan fingerprint density at radius 2 is 2.11 bits per heavy atom. The molecule has 1 unspecified atom stereocenters. The maximum atomic E-state index is 12.5. The number of amides is 2. The van der Waals surface area contributed by atoms with Crippen LogP contribution in [0.5, 0.6) is 0 Å². The minimum Gasteiger partial charge on any atom is -0.359 e. The third-order valence-corrected chi connectivity index (χ3v) is 4.34. The first-order valence-corrected chi connectivity index (χ1v) is 6.94. The normalized spacial score (nSPS) is 34.1. The number of carbonyl (C=O) groups is 2. The highest BCUT2D eigenvalue weighted by Crippen LogP contribution is 2.46. The molecule has 1 saturated carbocycles. The molecule has 2 fully saturated rings. The van der Waals surface area contributed by atoms with E-state index in [1.165, 1.54) is 0 Å². The van der Waals surface area contributed by atoms with Crippen molar-refractivity contribution in [1.82, 2.24) is 10.2 Å². The number of nitriles is 1. The first kappa shape index (κ1) is 13.9. The maximum Gasteiger partial charge on any atom is 0.243 e.